The number of nitrogens with zero attached hydrogens (tertiary/aromatic N) is 2. The summed E-state index contributed by atoms with van der Waals surface area (Å²) in [4.78, 5) is 40.4. The van der Waals surface area contributed by atoms with Crippen LogP contribution in [0.25, 0.3) is 0 Å². The van der Waals surface area contributed by atoms with Crippen molar-refractivity contribution in [2.45, 2.75) is 45.1 Å². The summed E-state index contributed by atoms with van der Waals surface area (Å²) in [6.45, 7) is 4.46. The van der Waals surface area contributed by atoms with Gasteiger partial charge in [0.25, 0.3) is 0 Å². The lowest BCUT2D eigenvalue weighted by atomic mass is 9.86. The second-order valence-corrected chi connectivity index (χ2v) is 8.35. The normalized spacial score (nSPS) is 22.4. The highest BCUT2D eigenvalue weighted by atomic mass is 19.1. The van der Waals surface area contributed by atoms with Crippen LogP contribution in [0.5, 0.6) is 0 Å². The molecule has 1 aromatic rings. The Kier molecular flexibility index (Phi) is 7.79. The summed E-state index contributed by atoms with van der Waals surface area (Å²) in [7, 11) is 0. The summed E-state index contributed by atoms with van der Waals surface area (Å²) < 4.78 is 13.0. The molecule has 4 amide bonds. The van der Waals surface area contributed by atoms with Gasteiger partial charge < -0.3 is 10.2 Å². The van der Waals surface area contributed by atoms with Crippen molar-refractivity contribution in [2.24, 2.45) is 5.92 Å². The van der Waals surface area contributed by atoms with E-state index in [0.717, 1.165) is 24.8 Å². The van der Waals surface area contributed by atoms with E-state index in [1.807, 2.05) is 4.90 Å². The molecule has 2 atom stereocenters. The molecule has 7 nitrogen and oxygen atoms in total. The Morgan fingerprint density at radius 3 is 2.37 bits per heavy atom. The first-order chi connectivity index (χ1) is 14.4. The Labute approximate surface area is 177 Å². The number of carbonyl (C=O) groups excluding carboxylic acids is 3. The molecule has 0 spiro atoms. The van der Waals surface area contributed by atoms with Gasteiger partial charge in [-0.1, -0.05) is 31.9 Å². The number of imide groups is 1. The molecule has 1 saturated carbocycles. The van der Waals surface area contributed by atoms with Crippen molar-refractivity contribution in [2.75, 3.05) is 32.7 Å². The summed E-state index contributed by atoms with van der Waals surface area (Å²) in [6.07, 6.45) is 4.59. The monoisotopic (exact) mass is 418 g/mol. The lowest BCUT2D eigenvalue weighted by molar-refractivity contribution is -0.132. The van der Waals surface area contributed by atoms with Gasteiger partial charge in [-0.2, -0.15) is 0 Å². The van der Waals surface area contributed by atoms with Crippen molar-refractivity contribution in [3.05, 3.63) is 35.6 Å². The molecule has 30 heavy (non-hydrogen) atoms. The van der Waals surface area contributed by atoms with E-state index in [1.165, 1.54) is 18.6 Å². The molecule has 0 aromatic heterocycles. The van der Waals surface area contributed by atoms with E-state index in [4.69, 9.17) is 0 Å². The third-order valence-electron chi connectivity index (χ3n) is 6.04. The van der Waals surface area contributed by atoms with Crippen molar-refractivity contribution >= 4 is 17.8 Å². The molecular formula is C22H31FN4O3. The van der Waals surface area contributed by atoms with E-state index < -0.39 is 6.03 Å². The molecule has 1 heterocycles. The molecule has 0 bridgehead atoms. The van der Waals surface area contributed by atoms with Gasteiger partial charge >= 0.3 is 6.03 Å². The van der Waals surface area contributed by atoms with E-state index in [-0.39, 0.29) is 36.6 Å². The van der Waals surface area contributed by atoms with Crippen LogP contribution in [0, 0.1) is 11.7 Å². The average Bonchev–Trinajstić information content (AvgIpc) is 2.72. The van der Waals surface area contributed by atoms with Gasteiger partial charge in [-0.3, -0.25) is 19.8 Å². The van der Waals surface area contributed by atoms with Gasteiger partial charge in [0.1, 0.15) is 5.82 Å². The predicted octanol–water partition coefficient (Wildman–Crippen LogP) is 1.92. The highest BCUT2D eigenvalue weighted by molar-refractivity contribution is 5.95. The van der Waals surface area contributed by atoms with Gasteiger partial charge in [-0.15, -0.1) is 0 Å². The predicted molar refractivity (Wildman–Crippen MR) is 111 cm³/mol. The molecule has 1 saturated heterocycles. The molecule has 164 valence electrons. The van der Waals surface area contributed by atoms with Crippen molar-refractivity contribution < 1.29 is 18.8 Å². The number of rotatable bonds is 5. The minimum Gasteiger partial charge on any atom is -0.340 e. The van der Waals surface area contributed by atoms with Crippen LogP contribution in [0.15, 0.2) is 24.3 Å². The first-order valence-electron chi connectivity index (χ1n) is 10.8. The van der Waals surface area contributed by atoms with Gasteiger partial charge in [0.05, 0.1) is 13.0 Å². The molecule has 2 aliphatic rings. The summed E-state index contributed by atoms with van der Waals surface area (Å²) in [5.74, 6) is -0.228. The molecule has 2 fully saturated rings. The number of hydrogen-bond donors (Lipinski definition) is 2. The van der Waals surface area contributed by atoms with Crippen molar-refractivity contribution in [3.8, 4) is 0 Å². The van der Waals surface area contributed by atoms with Crippen molar-refractivity contribution in [1.29, 1.82) is 0 Å². The number of piperazine rings is 1. The molecule has 1 aliphatic heterocycles. The van der Waals surface area contributed by atoms with Crippen molar-refractivity contribution in [1.82, 2.24) is 20.4 Å². The van der Waals surface area contributed by atoms with Gasteiger partial charge in [-0.25, -0.2) is 9.18 Å². The molecule has 8 heteroatoms. The van der Waals surface area contributed by atoms with Gasteiger partial charge in [0, 0.05) is 32.2 Å². The number of hydrogen-bond acceptors (Lipinski definition) is 4. The maximum absolute atomic E-state index is 13.0. The quantitative estimate of drug-likeness (QED) is 0.766. The number of halogens is 1. The maximum atomic E-state index is 13.0. The van der Waals surface area contributed by atoms with E-state index in [2.05, 4.69) is 17.6 Å². The summed E-state index contributed by atoms with van der Waals surface area (Å²) in [5.41, 5.74) is 0.779. The third-order valence-corrected chi connectivity index (χ3v) is 6.04. The Bertz CT molecular complexity index is 747. The van der Waals surface area contributed by atoms with Crippen LogP contribution in [0.2, 0.25) is 0 Å². The molecule has 2 unspecified atom stereocenters. The smallest absolute Gasteiger partial charge is 0.321 e. The minimum atomic E-state index is -0.424. The first-order valence-corrected chi connectivity index (χ1v) is 10.8. The SMILES string of the molecule is CC1CCCCC1NC(=O)NC(=O)CN1CCN(C(=O)Cc2ccc(F)cc2)CC1. The zero-order valence-electron chi connectivity index (χ0n) is 17.5. The zero-order chi connectivity index (χ0) is 21.5. The lowest BCUT2D eigenvalue weighted by Gasteiger charge is -2.34. The Morgan fingerprint density at radius 2 is 1.70 bits per heavy atom. The fourth-order valence-corrected chi connectivity index (χ4v) is 4.15. The number of nitrogens with one attached hydrogen (secondary N) is 2. The summed E-state index contributed by atoms with van der Waals surface area (Å²) in [5, 5.41) is 5.34. The Morgan fingerprint density at radius 1 is 1.03 bits per heavy atom. The maximum Gasteiger partial charge on any atom is 0.321 e. The van der Waals surface area contributed by atoms with E-state index >= 15 is 0 Å². The fraction of sp³-hybridized carbons (Fsp3) is 0.591. The molecule has 3 rings (SSSR count). The standard InChI is InChI=1S/C22H31FN4O3/c1-16-4-2-3-5-19(16)24-22(30)25-20(28)15-26-10-12-27(13-11-26)21(29)14-17-6-8-18(23)9-7-17/h6-9,16,19H,2-5,10-15H2,1H3,(H2,24,25,28,30). The Hall–Kier alpha value is -2.48. The van der Waals surface area contributed by atoms with Gasteiger partial charge in [0.15, 0.2) is 0 Å². The molecule has 1 aliphatic carbocycles. The second-order valence-electron chi connectivity index (χ2n) is 8.35. The molecule has 0 radical (unpaired) electrons. The summed E-state index contributed by atoms with van der Waals surface area (Å²) >= 11 is 0. The molecule has 2 N–H and O–H groups in total. The largest absolute Gasteiger partial charge is 0.340 e. The Balaban J connectivity index is 1.36. The van der Waals surface area contributed by atoms with Crippen LogP contribution in [-0.2, 0) is 16.0 Å². The average molecular weight is 419 g/mol. The zero-order valence-corrected chi connectivity index (χ0v) is 17.5. The first kappa shape index (κ1) is 22.2. The van der Waals surface area contributed by atoms with E-state index in [1.54, 1.807) is 17.0 Å². The number of benzene rings is 1. The third kappa shape index (κ3) is 6.52. The van der Waals surface area contributed by atoms with Crippen LogP contribution in [0.4, 0.5) is 9.18 Å². The van der Waals surface area contributed by atoms with Crippen LogP contribution < -0.4 is 10.6 Å². The van der Waals surface area contributed by atoms with Gasteiger partial charge in [-0.05, 0) is 36.5 Å². The van der Waals surface area contributed by atoms with Crippen LogP contribution >= 0.6 is 0 Å². The highest BCUT2D eigenvalue weighted by Gasteiger charge is 2.25. The molecule has 1 aromatic carbocycles. The van der Waals surface area contributed by atoms with Crippen LogP contribution in [0.3, 0.4) is 0 Å². The van der Waals surface area contributed by atoms with Crippen LogP contribution in [0.1, 0.15) is 38.2 Å². The van der Waals surface area contributed by atoms with E-state index in [0.29, 0.717) is 32.1 Å². The van der Waals surface area contributed by atoms with Crippen molar-refractivity contribution in [3.63, 3.8) is 0 Å². The van der Waals surface area contributed by atoms with E-state index in [9.17, 15) is 18.8 Å². The summed E-state index contributed by atoms with van der Waals surface area (Å²) in [6, 6.07) is 5.64. The number of amides is 4. The highest BCUT2D eigenvalue weighted by Crippen LogP contribution is 2.23. The van der Waals surface area contributed by atoms with Crippen LogP contribution in [-0.4, -0.2) is 66.4 Å². The molecular weight excluding hydrogens is 387 g/mol. The second kappa shape index (κ2) is 10.5. The fourth-order valence-electron chi connectivity index (χ4n) is 4.15. The number of carbonyl (C=O) groups is 3. The lowest BCUT2D eigenvalue weighted by Crippen LogP contribution is -2.53. The topological polar surface area (TPSA) is 81.8 Å². The number of urea groups is 1. The minimum absolute atomic E-state index is 0.00770. The van der Waals surface area contributed by atoms with Gasteiger partial charge in [0.2, 0.25) is 11.8 Å².